The Labute approximate surface area is 77.2 Å². The van der Waals surface area contributed by atoms with Crippen LogP contribution < -0.4 is 17.0 Å². The first-order valence-electron chi connectivity index (χ1n) is 4.15. The molecular formula is C9H15N3O. The van der Waals surface area contributed by atoms with Gasteiger partial charge >= 0.3 is 0 Å². The van der Waals surface area contributed by atoms with E-state index in [2.05, 4.69) is 0 Å². The number of nitrogen functional groups attached to an aromatic ring is 1. The Morgan fingerprint density at radius 2 is 1.92 bits per heavy atom. The van der Waals surface area contributed by atoms with Gasteiger partial charge in [-0.25, -0.2) is 0 Å². The molecular weight excluding hydrogens is 166 g/mol. The number of anilines is 1. The second kappa shape index (κ2) is 3.22. The second-order valence-electron chi connectivity index (χ2n) is 3.17. The SMILES string of the molecule is Cc1c(N)c(C)n(C)c(=O)c1CN. The number of nitrogens with two attached hydrogens (primary N) is 2. The minimum absolute atomic E-state index is 0.0494. The fourth-order valence-electron chi connectivity index (χ4n) is 1.37. The average molecular weight is 181 g/mol. The van der Waals surface area contributed by atoms with Gasteiger partial charge in [-0.15, -0.1) is 0 Å². The topological polar surface area (TPSA) is 74.0 Å². The molecule has 1 aromatic heterocycles. The largest absolute Gasteiger partial charge is 0.397 e. The molecule has 0 unspecified atom stereocenters. The van der Waals surface area contributed by atoms with Gasteiger partial charge in [-0.2, -0.15) is 0 Å². The van der Waals surface area contributed by atoms with E-state index in [1.165, 1.54) is 4.57 Å². The molecule has 1 aromatic rings. The van der Waals surface area contributed by atoms with Gasteiger partial charge < -0.3 is 16.0 Å². The molecule has 4 heteroatoms. The summed E-state index contributed by atoms with van der Waals surface area (Å²) in [6.07, 6.45) is 0. The second-order valence-corrected chi connectivity index (χ2v) is 3.17. The molecule has 0 fully saturated rings. The minimum atomic E-state index is -0.0494. The number of nitrogens with zero attached hydrogens (tertiary/aromatic N) is 1. The van der Waals surface area contributed by atoms with Crippen LogP contribution in [0.4, 0.5) is 5.69 Å². The van der Waals surface area contributed by atoms with Crippen molar-refractivity contribution >= 4 is 5.69 Å². The summed E-state index contributed by atoms with van der Waals surface area (Å²) < 4.78 is 1.53. The Morgan fingerprint density at radius 1 is 1.38 bits per heavy atom. The summed E-state index contributed by atoms with van der Waals surface area (Å²) in [5.41, 5.74) is 14.1. The summed E-state index contributed by atoms with van der Waals surface area (Å²) in [6, 6.07) is 0. The molecule has 4 nitrogen and oxygen atoms in total. The number of rotatable bonds is 1. The van der Waals surface area contributed by atoms with Crippen molar-refractivity contribution in [3.8, 4) is 0 Å². The van der Waals surface area contributed by atoms with Crippen LogP contribution in [0.25, 0.3) is 0 Å². The van der Waals surface area contributed by atoms with Crippen molar-refractivity contribution in [1.82, 2.24) is 4.57 Å². The Bertz CT molecular complexity index is 393. The zero-order chi connectivity index (χ0) is 10.2. The summed E-state index contributed by atoms with van der Waals surface area (Å²) >= 11 is 0. The van der Waals surface area contributed by atoms with E-state index in [-0.39, 0.29) is 12.1 Å². The van der Waals surface area contributed by atoms with Crippen LogP contribution in [0.3, 0.4) is 0 Å². The molecule has 0 aliphatic rings. The molecule has 0 aliphatic heterocycles. The van der Waals surface area contributed by atoms with Gasteiger partial charge in [-0.05, 0) is 19.4 Å². The lowest BCUT2D eigenvalue weighted by Gasteiger charge is -2.13. The van der Waals surface area contributed by atoms with Crippen molar-refractivity contribution in [2.45, 2.75) is 20.4 Å². The van der Waals surface area contributed by atoms with Crippen LogP contribution in [0, 0.1) is 13.8 Å². The van der Waals surface area contributed by atoms with Gasteiger partial charge in [0.25, 0.3) is 5.56 Å². The molecule has 0 aromatic carbocycles. The van der Waals surface area contributed by atoms with E-state index in [1.54, 1.807) is 7.05 Å². The van der Waals surface area contributed by atoms with E-state index in [9.17, 15) is 4.79 Å². The van der Waals surface area contributed by atoms with Gasteiger partial charge in [-0.3, -0.25) is 4.79 Å². The minimum Gasteiger partial charge on any atom is -0.397 e. The predicted molar refractivity (Wildman–Crippen MR) is 53.5 cm³/mol. The summed E-state index contributed by atoms with van der Waals surface area (Å²) in [7, 11) is 1.70. The molecule has 1 rings (SSSR count). The third kappa shape index (κ3) is 1.33. The van der Waals surface area contributed by atoms with Gasteiger partial charge in [0.2, 0.25) is 0 Å². The highest BCUT2D eigenvalue weighted by molar-refractivity contribution is 5.53. The van der Waals surface area contributed by atoms with E-state index in [0.29, 0.717) is 11.3 Å². The Morgan fingerprint density at radius 3 is 2.38 bits per heavy atom. The van der Waals surface area contributed by atoms with Crippen molar-refractivity contribution in [3.63, 3.8) is 0 Å². The Kier molecular flexibility index (Phi) is 2.43. The smallest absolute Gasteiger partial charge is 0.255 e. The maximum Gasteiger partial charge on any atom is 0.255 e. The summed E-state index contributed by atoms with van der Waals surface area (Å²) in [5.74, 6) is 0. The van der Waals surface area contributed by atoms with Gasteiger partial charge in [0, 0.05) is 24.8 Å². The van der Waals surface area contributed by atoms with Crippen molar-refractivity contribution in [3.05, 3.63) is 27.2 Å². The number of pyridine rings is 1. The Hall–Kier alpha value is -1.29. The molecule has 1 heterocycles. The third-order valence-corrected chi connectivity index (χ3v) is 2.52. The zero-order valence-electron chi connectivity index (χ0n) is 8.22. The number of aromatic nitrogens is 1. The molecule has 0 atom stereocenters. The van der Waals surface area contributed by atoms with E-state index in [4.69, 9.17) is 11.5 Å². The quantitative estimate of drug-likeness (QED) is 0.642. The summed E-state index contributed by atoms with van der Waals surface area (Å²) in [4.78, 5) is 11.6. The first-order chi connectivity index (χ1) is 6.00. The van der Waals surface area contributed by atoms with E-state index in [0.717, 1.165) is 11.3 Å². The number of hydrogen-bond donors (Lipinski definition) is 2. The molecule has 0 bridgehead atoms. The molecule has 4 N–H and O–H groups in total. The molecule has 0 radical (unpaired) electrons. The van der Waals surface area contributed by atoms with Gasteiger partial charge in [-0.1, -0.05) is 0 Å². The normalized spacial score (nSPS) is 10.5. The van der Waals surface area contributed by atoms with Crippen molar-refractivity contribution in [1.29, 1.82) is 0 Å². The number of hydrogen-bond acceptors (Lipinski definition) is 3. The predicted octanol–water partition coefficient (Wildman–Crippen LogP) is 0.0430. The lowest BCUT2D eigenvalue weighted by atomic mass is 10.1. The molecule has 13 heavy (non-hydrogen) atoms. The maximum absolute atomic E-state index is 11.6. The van der Waals surface area contributed by atoms with E-state index in [1.807, 2.05) is 13.8 Å². The molecule has 0 saturated carbocycles. The van der Waals surface area contributed by atoms with Crippen molar-refractivity contribution < 1.29 is 0 Å². The summed E-state index contributed by atoms with van der Waals surface area (Å²) in [5, 5.41) is 0. The first-order valence-corrected chi connectivity index (χ1v) is 4.15. The fourth-order valence-corrected chi connectivity index (χ4v) is 1.37. The van der Waals surface area contributed by atoms with Crippen LogP contribution in [0.5, 0.6) is 0 Å². The van der Waals surface area contributed by atoms with Crippen LogP contribution in [0.15, 0.2) is 4.79 Å². The van der Waals surface area contributed by atoms with Crippen molar-refractivity contribution in [2.75, 3.05) is 5.73 Å². The van der Waals surface area contributed by atoms with Crippen LogP contribution in [0.1, 0.15) is 16.8 Å². The van der Waals surface area contributed by atoms with Gasteiger partial charge in [0.15, 0.2) is 0 Å². The fraction of sp³-hybridized carbons (Fsp3) is 0.444. The highest BCUT2D eigenvalue weighted by atomic mass is 16.1. The molecule has 72 valence electrons. The average Bonchev–Trinajstić information content (AvgIpc) is 2.13. The van der Waals surface area contributed by atoms with Gasteiger partial charge in [0.1, 0.15) is 0 Å². The summed E-state index contributed by atoms with van der Waals surface area (Å²) in [6.45, 7) is 3.89. The lowest BCUT2D eigenvalue weighted by Crippen LogP contribution is -2.27. The van der Waals surface area contributed by atoms with Crippen LogP contribution in [-0.2, 0) is 13.6 Å². The molecule has 0 spiro atoms. The van der Waals surface area contributed by atoms with Crippen LogP contribution >= 0.6 is 0 Å². The molecule has 0 aliphatic carbocycles. The van der Waals surface area contributed by atoms with E-state index >= 15 is 0 Å². The highest BCUT2D eigenvalue weighted by Crippen LogP contribution is 2.15. The molecule has 0 saturated heterocycles. The standard InChI is InChI=1S/C9H15N3O/c1-5-7(4-10)9(13)12(3)6(2)8(5)11/h4,10-11H2,1-3H3. The maximum atomic E-state index is 11.6. The monoisotopic (exact) mass is 181 g/mol. The van der Waals surface area contributed by atoms with Gasteiger partial charge in [0.05, 0.1) is 5.69 Å². The van der Waals surface area contributed by atoms with Crippen LogP contribution in [-0.4, -0.2) is 4.57 Å². The highest BCUT2D eigenvalue weighted by Gasteiger charge is 2.10. The zero-order valence-corrected chi connectivity index (χ0v) is 8.22. The first kappa shape index (κ1) is 9.80. The van der Waals surface area contributed by atoms with Crippen molar-refractivity contribution in [2.24, 2.45) is 12.8 Å². The molecule has 0 amide bonds. The van der Waals surface area contributed by atoms with Crippen LogP contribution in [0.2, 0.25) is 0 Å². The third-order valence-electron chi connectivity index (χ3n) is 2.52. The lowest BCUT2D eigenvalue weighted by molar-refractivity contribution is 0.792. The van der Waals surface area contributed by atoms with E-state index < -0.39 is 0 Å². The Balaban J connectivity index is 3.67.